The topological polar surface area (TPSA) is 55.8 Å². The van der Waals surface area contributed by atoms with E-state index in [0.29, 0.717) is 35.5 Å². The first-order valence-electron chi connectivity index (χ1n) is 12.3. The van der Waals surface area contributed by atoms with E-state index in [1.54, 1.807) is 13.2 Å². The fourth-order valence-electron chi connectivity index (χ4n) is 4.93. The third-order valence-electron chi connectivity index (χ3n) is 6.87. The predicted molar refractivity (Wildman–Crippen MR) is 148 cm³/mol. The van der Waals surface area contributed by atoms with E-state index in [1.807, 2.05) is 30.3 Å². The molecule has 0 N–H and O–H groups in total. The van der Waals surface area contributed by atoms with E-state index in [-0.39, 0.29) is 11.1 Å². The zero-order chi connectivity index (χ0) is 25.1. The van der Waals surface area contributed by atoms with Gasteiger partial charge in [0.1, 0.15) is 6.61 Å². The molecular formula is C29H28BrNO4S. The average molecular weight is 567 g/mol. The van der Waals surface area contributed by atoms with Gasteiger partial charge in [-0.3, -0.25) is 14.5 Å². The maximum atomic E-state index is 13.0. The quantitative estimate of drug-likeness (QED) is 0.273. The van der Waals surface area contributed by atoms with Crippen LogP contribution in [0.15, 0.2) is 64.0 Å². The second kappa shape index (κ2) is 11.1. The average Bonchev–Trinajstić information content (AvgIpc) is 3.16. The molecule has 1 aliphatic carbocycles. The highest BCUT2D eigenvalue weighted by molar-refractivity contribution is 9.10. The molecule has 0 unspecified atom stereocenters. The number of nitrogens with zero attached hydrogens (tertiary/aromatic N) is 1. The van der Waals surface area contributed by atoms with Crippen molar-refractivity contribution in [3.8, 4) is 11.5 Å². The van der Waals surface area contributed by atoms with Crippen LogP contribution in [0.4, 0.5) is 4.79 Å². The third-order valence-corrected chi connectivity index (χ3v) is 8.47. The van der Waals surface area contributed by atoms with Gasteiger partial charge in [0.2, 0.25) is 0 Å². The second-order valence-corrected chi connectivity index (χ2v) is 11.1. The smallest absolute Gasteiger partial charge is 0.293 e. The van der Waals surface area contributed by atoms with E-state index in [1.165, 1.54) is 29.5 Å². The van der Waals surface area contributed by atoms with Crippen molar-refractivity contribution >= 4 is 55.7 Å². The lowest BCUT2D eigenvalue weighted by molar-refractivity contribution is -0.123. The number of ether oxygens (including phenoxy) is 2. The Hall–Kier alpha value is -2.77. The number of carbonyl (C=O) groups is 2. The molecule has 5 nitrogen and oxygen atoms in total. The summed E-state index contributed by atoms with van der Waals surface area (Å²) in [6.45, 7) is 0.914. The minimum absolute atomic E-state index is 0.185. The van der Waals surface area contributed by atoms with Crippen molar-refractivity contribution in [3.63, 3.8) is 0 Å². The molecule has 0 bridgehead atoms. The van der Waals surface area contributed by atoms with Gasteiger partial charge in [0.15, 0.2) is 11.5 Å². The number of hydrogen-bond donors (Lipinski definition) is 0. The van der Waals surface area contributed by atoms with Crippen molar-refractivity contribution in [1.29, 1.82) is 0 Å². The maximum Gasteiger partial charge on any atom is 0.293 e. The number of hydrogen-bond acceptors (Lipinski definition) is 5. The molecule has 3 aromatic carbocycles. The summed E-state index contributed by atoms with van der Waals surface area (Å²) in [6.07, 6.45) is 7.53. The zero-order valence-electron chi connectivity index (χ0n) is 20.2. The number of benzene rings is 3. The molecule has 5 rings (SSSR count). The molecule has 2 fully saturated rings. The van der Waals surface area contributed by atoms with Crippen molar-refractivity contribution in [2.24, 2.45) is 5.92 Å². The van der Waals surface area contributed by atoms with Crippen LogP contribution in [0.1, 0.15) is 43.2 Å². The van der Waals surface area contributed by atoms with E-state index in [4.69, 9.17) is 9.47 Å². The molecule has 186 valence electrons. The highest BCUT2D eigenvalue weighted by atomic mass is 79.9. The van der Waals surface area contributed by atoms with Gasteiger partial charge in [-0.25, -0.2) is 0 Å². The van der Waals surface area contributed by atoms with Gasteiger partial charge in [0.25, 0.3) is 11.1 Å². The molecule has 1 saturated heterocycles. The molecule has 1 aliphatic heterocycles. The Labute approximate surface area is 224 Å². The minimum Gasteiger partial charge on any atom is -0.493 e. The van der Waals surface area contributed by atoms with Crippen molar-refractivity contribution in [3.05, 3.63) is 75.1 Å². The first-order valence-corrected chi connectivity index (χ1v) is 13.9. The van der Waals surface area contributed by atoms with E-state index >= 15 is 0 Å². The van der Waals surface area contributed by atoms with Crippen molar-refractivity contribution in [1.82, 2.24) is 4.90 Å². The van der Waals surface area contributed by atoms with Crippen LogP contribution in [0, 0.1) is 5.92 Å². The minimum atomic E-state index is -0.210. The lowest BCUT2D eigenvalue weighted by atomic mass is 9.89. The third kappa shape index (κ3) is 5.32. The van der Waals surface area contributed by atoms with Gasteiger partial charge < -0.3 is 9.47 Å². The maximum absolute atomic E-state index is 13.0. The fraction of sp³-hybridized carbons (Fsp3) is 0.310. The fourth-order valence-corrected chi connectivity index (χ4v) is 6.21. The summed E-state index contributed by atoms with van der Waals surface area (Å²) in [7, 11) is 1.59. The number of thioether (sulfide) groups is 1. The molecule has 2 aliphatic rings. The van der Waals surface area contributed by atoms with Gasteiger partial charge >= 0.3 is 0 Å². The molecule has 36 heavy (non-hydrogen) atoms. The van der Waals surface area contributed by atoms with Crippen LogP contribution in [-0.4, -0.2) is 29.7 Å². The van der Waals surface area contributed by atoms with E-state index in [9.17, 15) is 9.59 Å². The summed E-state index contributed by atoms with van der Waals surface area (Å²) in [6, 6.07) is 18.1. The summed E-state index contributed by atoms with van der Waals surface area (Å²) < 4.78 is 12.5. The Bertz CT molecular complexity index is 1330. The molecule has 3 aromatic rings. The first kappa shape index (κ1) is 24.9. The van der Waals surface area contributed by atoms with Gasteiger partial charge in [-0.05, 0) is 70.6 Å². The number of carbonyl (C=O) groups excluding carboxylic acids is 2. The number of rotatable bonds is 7. The SMILES string of the molecule is COc1cc(/C=C2/SC(=O)N(CC3CCCCC3)C2=O)c(Br)cc1OCc1cccc2ccccc12. The summed E-state index contributed by atoms with van der Waals surface area (Å²) >= 11 is 4.62. The number of amides is 2. The van der Waals surface area contributed by atoms with E-state index in [0.717, 1.165) is 45.6 Å². The lowest BCUT2D eigenvalue weighted by Crippen LogP contribution is -2.34. The monoisotopic (exact) mass is 565 g/mol. The van der Waals surface area contributed by atoms with Crippen LogP contribution in [0.25, 0.3) is 16.8 Å². The Morgan fingerprint density at radius 1 is 1.03 bits per heavy atom. The molecule has 0 spiro atoms. The number of fused-ring (bicyclic) bond motifs is 1. The molecule has 1 heterocycles. The highest BCUT2D eigenvalue weighted by Gasteiger charge is 2.36. The van der Waals surface area contributed by atoms with Crippen LogP contribution < -0.4 is 9.47 Å². The van der Waals surface area contributed by atoms with Gasteiger partial charge in [-0.1, -0.05) is 77.7 Å². The van der Waals surface area contributed by atoms with Crippen LogP contribution in [0.3, 0.4) is 0 Å². The Morgan fingerprint density at radius 3 is 2.61 bits per heavy atom. The van der Waals surface area contributed by atoms with E-state index in [2.05, 4.69) is 40.2 Å². The molecule has 0 aromatic heterocycles. The summed E-state index contributed by atoms with van der Waals surface area (Å²) in [5, 5.41) is 2.13. The standard InChI is InChI=1S/C29H28BrNO4S/c1-34-25-14-22(15-27-28(32)31(29(33)36-27)17-19-8-3-2-4-9-19)24(30)16-26(25)35-18-21-12-7-11-20-10-5-6-13-23(20)21/h5-7,10-16,19H,2-4,8-9,17-18H2,1H3/b27-15+. The van der Waals surface area contributed by atoms with Crippen molar-refractivity contribution in [2.75, 3.05) is 13.7 Å². The van der Waals surface area contributed by atoms with Crippen LogP contribution in [-0.2, 0) is 11.4 Å². The summed E-state index contributed by atoms with van der Waals surface area (Å²) in [5.74, 6) is 1.36. The molecule has 0 atom stereocenters. The molecular weight excluding hydrogens is 538 g/mol. The van der Waals surface area contributed by atoms with Crippen LogP contribution >= 0.6 is 27.7 Å². The highest BCUT2D eigenvalue weighted by Crippen LogP contribution is 2.39. The Balaban J connectivity index is 1.34. The van der Waals surface area contributed by atoms with E-state index < -0.39 is 0 Å². The zero-order valence-corrected chi connectivity index (χ0v) is 22.6. The van der Waals surface area contributed by atoms with Crippen LogP contribution in [0.2, 0.25) is 0 Å². The second-order valence-electron chi connectivity index (χ2n) is 9.25. The first-order chi connectivity index (χ1) is 17.5. The molecule has 1 saturated carbocycles. The molecule has 7 heteroatoms. The van der Waals surface area contributed by atoms with Crippen molar-refractivity contribution in [2.45, 2.75) is 38.7 Å². The normalized spacial score (nSPS) is 17.8. The summed E-state index contributed by atoms with van der Waals surface area (Å²) in [4.78, 5) is 27.5. The van der Waals surface area contributed by atoms with Gasteiger partial charge in [-0.2, -0.15) is 0 Å². The molecule has 2 amide bonds. The van der Waals surface area contributed by atoms with Crippen LogP contribution in [0.5, 0.6) is 11.5 Å². The van der Waals surface area contributed by atoms with Gasteiger partial charge in [0.05, 0.1) is 12.0 Å². The molecule has 0 radical (unpaired) electrons. The number of imide groups is 1. The summed E-state index contributed by atoms with van der Waals surface area (Å²) in [5.41, 5.74) is 1.84. The van der Waals surface area contributed by atoms with Gasteiger partial charge in [0, 0.05) is 11.0 Å². The lowest BCUT2D eigenvalue weighted by Gasteiger charge is -2.25. The largest absolute Gasteiger partial charge is 0.493 e. The van der Waals surface area contributed by atoms with Gasteiger partial charge in [-0.15, -0.1) is 0 Å². The Morgan fingerprint density at radius 2 is 1.81 bits per heavy atom. The number of methoxy groups -OCH3 is 1. The number of halogens is 1. The van der Waals surface area contributed by atoms with Crippen molar-refractivity contribution < 1.29 is 19.1 Å². The Kier molecular flexibility index (Phi) is 7.67. The predicted octanol–water partition coefficient (Wildman–Crippen LogP) is 7.81.